The quantitative estimate of drug-likeness (QED) is 0.477. The summed E-state index contributed by atoms with van der Waals surface area (Å²) in [4.78, 5) is 21.1. The Morgan fingerprint density at radius 3 is 2.37 bits per heavy atom. The lowest BCUT2D eigenvalue weighted by molar-refractivity contribution is 0.0695. The number of aryl methyl sites for hydroxylation is 1. The highest BCUT2D eigenvalue weighted by Crippen LogP contribution is 2.41. The number of fused-ring (bicyclic) bond motifs is 1. The van der Waals surface area contributed by atoms with Crippen molar-refractivity contribution in [3.63, 3.8) is 0 Å². The van der Waals surface area contributed by atoms with Gasteiger partial charge in [-0.1, -0.05) is 31.1 Å². The third-order valence-electron chi connectivity index (χ3n) is 4.95. The largest absolute Gasteiger partial charge is 0.478 e. The fourth-order valence-electron chi connectivity index (χ4n) is 3.49. The minimum Gasteiger partial charge on any atom is -0.478 e. The number of nitrogens with zero attached hydrogens (tertiary/aromatic N) is 3. The molecular formula is C22H20FN3O4. The van der Waals surface area contributed by atoms with E-state index in [1.165, 1.54) is 18.2 Å². The molecule has 1 atom stereocenters. The normalized spacial score (nSPS) is 12.6. The Kier molecular flexibility index (Phi) is 4.85. The molecule has 0 saturated heterocycles. The second-order valence-electron chi connectivity index (χ2n) is 7.48. The molecular weight excluding hydrogens is 389 g/mol. The van der Waals surface area contributed by atoms with Crippen LogP contribution in [-0.4, -0.2) is 26.2 Å². The first-order valence-corrected chi connectivity index (χ1v) is 9.53. The van der Waals surface area contributed by atoms with Crippen LogP contribution in [0.5, 0.6) is 0 Å². The Balaban J connectivity index is 2.10. The van der Waals surface area contributed by atoms with Gasteiger partial charge in [0.2, 0.25) is 5.89 Å². The molecule has 2 aromatic heterocycles. The SMILES string of the molecule is Cc1noc(C(C)c2c(C(=O)O)cc3oc(C(C)C)nc3c2-c2ccc(F)cc2)n1. The van der Waals surface area contributed by atoms with Gasteiger partial charge in [0, 0.05) is 11.5 Å². The van der Waals surface area contributed by atoms with E-state index in [9.17, 15) is 14.3 Å². The van der Waals surface area contributed by atoms with Crippen molar-refractivity contribution in [2.75, 3.05) is 0 Å². The number of oxazole rings is 1. The summed E-state index contributed by atoms with van der Waals surface area (Å²) in [6.07, 6.45) is 0. The van der Waals surface area contributed by atoms with Crippen molar-refractivity contribution < 1.29 is 23.2 Å². The van der Waals surface area contributed by atoms with Crippen LogP contribution in [-0.2, 0) is 0 Å². The van der Waals surface area contributed by atoms with Gasteiger partial charge in [-0.2, -0.15) is 4.98 Å². The van der Waals surface area contributed by atoms with Gasteiger partial charge in [0.05, 0.1) is 11.5 Å². The standard InChI is InChI=1S/C22H20FN3O4/c1-10(2)20-25-19-16(29-20)9-15(22(27)28)17(11(3)21-24-12(4)26-30-21)18(19)13-5-7-14(23)8-6-13/h5-11H,1-4H3,(H,27,28). The number of aromatic nitrogens is 3. The van der Waals surface area contributed by atoms with E-state index in [-0.39, 0.29) is 17.4 Å². The highest BCUT2D eigenvalue weighted by atomic mass is 19.1. The van der Waals surface area contributed by atoms with Gasteiger partial charge in [0.1, 0.15) is 11.3 Å². The van der Waals surface area contributed by atoms with Crippen LogP contribution in [0.15, 0.2) is 39.3 Å². The van der Waals surface area contributed by atoms with Crippen molar-refractivity contribution in [3.05, 3.63) is 64.9 Å². The third kappa shape index (κ3) is 3.34. The van der Waals surface area contributed by atoms with Gasteiger partial charge in [-0.15, -0.1) is 0 Å². The minimum atomic E-state index is -1.12. The molecule has 154 valence electrons. The zero-order chi connectivity index (χ0) is 21.6. The van der Waals surface area contributed by atoms with E-state index in [1.54, 1.807) is 26.0 Å². The molecule has 0 saturated carbocycles. The predicted octanol–water partition coefficient (Wildman–Crippen LogP) is 5.30. The van der Waals surface area contributed by atoms with Crippen molar-refractivity contribution in [2.24, 2.45) is 0 Å². The van der Waals surface area contributed by atoms with Crippen molar-refractivity contribution in [1.29, 1.82) is 0 Å². The number of carboxylic acids is 1. The zero-order valence-corrected chi connectivity index (χ0v) is 16.9. The van der Waals surface area contributed by atoms with Gasteiger partial charge in [-0.05, 0) is 43.2 Å². The van der Waals surface area contributed by atoms with E-state index in [0.717, 1.165) is 0 Å². The van der Waals surface area contributed by atoms with E-state index < -0.39 is 17.7 Å². The molecule has 1 N–H and O–H groups in total. The summed E-state index contributed by atoms with van der Waals surface area (Å²) in [5.74, 6) is -0.836. The van der Waals surface area contributed by atoms with Crippen LogP contribution in [0.25, 0.3) is 22.2 Å². The van der Waals surface area contributed by atoms with Gasteiger partial charge in [0.25, 0.3) is 0 Å². The fraction of sp³-hybridized carbons (Fsp3) is 0.273. The topological polar surface area (TPSA) is 102 Å². The molecule has 0 fully saturated rings. The first-order chi connectivity index (χ1) is 14.3. The molecule has 0 amide bonds. The Morgan fingerprint density at radius 2 is 1.80 bits per heavy atom. The molecule has 0 bridgehead atoms. The molecule has 4 rings (SSSR count). The Morgan fingerprint density at radius 1 is 1.10 bits per heavy atom. The molecule has 0 radical (unpaired) electrons. The summed E-state index contributed by atoms with van der Waals surface area (Å²) in [6.45, 7) is 7.35. The summed E-state index contributed by atoms with van der Waals surface area (Å²) in [5, 5.41) is 13.8. The molecule has 4 aromatic rings. The molecule has 0 aliphatic carbocycles. The van der Waals surface area contributed by atoms with Gasteiger partial charge in [-0.3, -0.25) is 0 Å². The molecule has 0 aliphatic rings. The van der Waals surface area contributed by atoms with Gasteiger partial charge < -0.3 is 14.0 Å². The average molecular weight is 409 g/mol. The van der Waals surface area contributed by atoms with E-state index >= 15 is 0 Å². The second-order valence-corrected chi connectivity index (χ2v) is 7.48. The van der Waals surface area contributed by atoms with Gasteiger partial charge in [0.15, 0.2) is 17.3 Å². The van der Waals surface area contributed by atoms with Crippen LogP contribution in [0, 0.1) is 12.7 Å². The van der Waals surface area contributed by atoms with Crippen LogP contribution >= 0.6 is 0 Å². The number of rotatable bonds is 5. The maximum absolute atomic E-state index is 13.6. The highest BCUT2D eigenvalue weighted by Gasteiger charge is 2.29. The van der Waals surface area contributed by atoms with Crippen LogP contribution in [0.2, 0.25) is 0 Å². The molecule has 2 heterocycles. The number of carboxylic acid groups (broad SMARTS) is 1. The maximum Gasteiger partial charge on any atom is 0.336 e. The smallest absolute Gasteiger partial charge is 0.336 e. The van der Waals surface area contributed by atoms with Gasteiger partial charge >= 0.3 is 5.97 Å². The van der Waals surface area contributed by atoms with Crippen LogP contribution in [0.4, 0.5) is 4.39 Å². The number of aromatic carboxylic acids is 1. The molecule has 0 aliphatic heterocycles. The van der Waals surface area contributed by atoms with E-state index in [1.807, 2.05) is 13.8 Å². The Bertz CT molecular complexity index is 1240. The molecule has 7 nitrogen and oxygen atoms in total. The number of hydrogen-bond donors (Lipinski definition) is 1. The van der Waals surface area contributed by atoms with E-state index in [0.29, 0.717) is 39.5 Å². The summed E-state index contributed by atoms with van der Waals surface area (Å²) in [6, 6.07) is 7.30. The number of halogens is 1. The monoisotopic (exact) mass is 409 g/mol. The first-order valence-electron chi connectivity index (χ1n) is 9.53. The van der Waals surface area contributed by atoms with E-state index in [4.69, 9.17) is 8.94 Å². The molecule has 8 heteroatoms. The lowest BCUT2D eigenvalue weighted by atomic mass is 9.86. The fourth-order valence-corrected chi connectivity index (χ4v) is 3.49. The molecule has 30 heavy (non-hydrogen) atoms. The van der Waals surface area contributed by atoms with Gasteiger partial charge in [-0.25, -0.2) is 14.2 Å². The van der Waals surface area contributed by atoms with Crippen LogP contribution in [0.1, 0.15) is 66.1 Å². The molecule has 1 unspecified atom stereocenters. The summed E-state index contributed by atoms with van der Waals surface area (Å²) in [5.41, 5.74) is 2.52. The highest BCUT2D eigenvalue weighted by molar-refractivity contribution is 6.02. The number of benzene rings is 2. The van der Waals surface area contributed by atoms with Crippen molar-refractivity contribution in [2.45, 2.75) is 39.5 Å². The number of hydrogen-bond acceptors (Lipinski definition) is 6. The molecule has 2 aromatic carbocycles. The summed E-state index contributed by atoms with van der Waals surface area (Å²) in [7, 11) is 0. The van der Waals surface area contributed by atoms with Crippen molar-refractivity contribution >= 4 is 17.1 Å². The van der Waals surface area contributed by atoms with Crippen LogP contribution in [0.3, 0.4) is 0 Å². The van der Waals surface area contributed by atoms with Crippen molar-refractivity contribution in [3.8, 4) is 11.1 Å². The van der Waals surface area contributed by atoms with Crippen LogP contribution < -0.4 is 0 Å². The Hall–Kier alpha value is -3.55. The third-order valence-corrected chi connectivity index (χ3v) is 4.95. The average Bonchev–Trinajstić information content (AvgIpc) is 3.33. The summed E-state index contributed by atoms with van der Waals surface area (Å²) < 4.78 is 24.8. The van der Waals surface area contributed by atoms with E-state index in [2.05, 4.69) is 15.1 Å². The predicted molar refractivity (Wildman–Crippen MR) is 107 cm³/mol. The summed E-state index contributed by atoms with van der Waals surface area (Å²) >= 11 is 0. The van der Waals surface area contributed by atoms with Crippen molar-refractivity contribution in [1.82, 2.24) is 15.1 Å². The lowest BCUT2D eigenvalue weighted by Crippen LogP contribution is -2.09. The lowest BCUT2D eigenvalue weighted by Gasteiger charge is -2.17. The second kappa shape index (κ2) is 7.37. The maximum atomic E-state index is 13.6. The number of carbonyl (C=O) groups is 1. The minimum absolute atomic E-state index is 0.00575. The Labute approximate surface area is 171 Å². The first kappa shape index (κ1) is 19.8. The zero-order valence-electron chi connectivity index (χ0n) is 16.9. The molecule has 0 spiro atoms.